The normalized spacial score (nSPS) is 14.5. The molecule has 0 atom stereocenters. The SMILES string of the molecule is COc1ccc(CN(CC(=O)N2CCC(Cc3ccccc3)CC2)C(C)=O)cc1. The summed E-state index contributed by atoms with van der Waals surface area (Å²) >= 11 is 0. The number of benzene rings is 2. The second-order valence-corrected chi connectivity index (χ2v) is 7.74. The van der Waals surface area contributed by atoms with Gasteiger partial charge in [0.25, 0.3) is 0 Å². The highest BCUT2D eigenvalue weighted by Gasteiger charge is 2.25. The van der Waals surface area contributed by atoms with Crippen LogP contribution in [0.3, 0.4) is 0 Å². The summed E-state index contributed by atoms with van der Waals surface area (Å²) in [6, 6.07) is 18.1. The van der Waals surface area contributed by atoms with E-state index in [9.17, 15) is 9.59 Å². The molecule has 3 rings (SSSR count). The van der Waals surface area contributed by atoms with Gasteiger partial charge in [0.2, 0.25) is 11.8 Å². The summed E-state index contributed by atoms with van der Waals surface area (Å²) < 4.78 is 5.17. The molecule has 5 nitrogen and oxygen atoms in total. The van der Waals surface area contributed by atoms with Crippen molar-refractivity contribution in [1.29, 1.82) is 0 Å². The molecule has 2 amide bonds. The summed E-state index contributed by atoms with van der Waals surface area (Å²) in [6.45, 7) is 3.61. The van der Waals surface area contributed by atoms with Gasteiger partial charge in [0.05, 0.1) is 7.11 Å². The molecular formula is C24H30N2O3. The number of hydrogen-bond acceptors (Lipinski definition) is 3. The Hall–Kier alpha value is -2.82. The third kappa shape index (κ3) is 6.08. The van der Waals surface area contributed by atoms with Gasteiger partial charge in [0.15, 0.2) is 0 Å². The smallest absolute Gasteiger partial charge is 0.242 e. The van der Waals surface area contributed by atoms with Crippen LogP contribution in [0.15, 0.2) is 54.6 Å². The van der Waals surface area contributed by atoms with E-state index in [0.717, 1.165) is 43.7 Å². The highest BCUT2D eigenvalue weighted by molar-refractivity contribution is 5.83. The summed E-state index contributed by atoms with van der Waals surface area (Å²) in [5.41, 5.74) is 2.34. The van der Waals surface area contributed by atoms with Gasteiger partial charge in [-0.1, -0.05) is 42.5 Å². The predicted octanol–water partition coefficient (Wildman–Crippen LogP) is 3.53. The van der Waals surface area contributed by atoms with Crippen molar-refractivity contribution in [3.63, 3.8) is 0 Å². The van der Waals surface area contributed by atoms with Gasteiger partial charge in [0.1, 0.15) is 12.3 Å². The van der Waals surface area contributed by atoms with Gasteiger partial charge >= 0.3 is 0 Å². The summed E-state index contributed by atoms with van der Waals surface area (Å²) in [6.07, 6.45) is 3.10. The zero-order valence-electron chi connectivity index (χ0n) is 17.3. The van der Waals surface area contributed by atoms with Crippen LogP contribution in [0.5, 0.6) is 5.75 Å². The molecule has 1 saturated heterocycles. The number of amides is 2. The van der Waals surface area contributed by atoms with Crippen LogP contribution < -0.4 is 4.74 Å². The molecule has 0 saturated carbocycles. The van der Waals surface area contributed by atoms with Crippen molar-refractivity contribution in [1.82, 2.24) is 9.80 Å². The minimum Gasteiger partial charge on any atom is -0.497 e. The first-order valence-electron chi connectivity index (χ1n) is 10.3. The van der Waals surface area contributed by atoms with E-state index in [4.69, 9.17) is 4.74 Å². The Morgan fingerprint density at radius 3 is 2.24 bits per heavy atom. The van der Waals surface area contributed by atoms with Crippen LogP contribution in [0.1, 0.15) is 30.9 Å². The molecule has 5 heteroatoms. The molecule has 0 aliphatic carbocycles. The van der Waals surface area contributed by atoms with E-state index in [1.807, 2.05) is 35.2 Å². The lowest BCUT2D eigenvalue weighted by Crippen LogP contribution is -2.45. The number of rotatable bonds is 7. The van der Waals surface area contributed by atoms with Crippen LogP contribution in [-0.2, 0) is 22.6 Å². The van der Waals surface area contributed by atoms with Crippen molar-refractivity contribution in [2.45, 2.75) is 32.7 Å². The molecule has 29 heavy (non-hydrogen) atoms. The summed E-state index contributed by atoms with van der Waals surface area (Å²) in [4.78, 5) is 28.4. The molecule has 1 heterocycles. The molecule has 2 aromatic rings. The summed E-state index contributed by atoms with van der Waals surface area (Å²) in [7, 11) is 1.62. The van der Waals surface area contributed by atoms with Crippen LogP contribution in [0.25, 0.3) is 0 Å². The molecule has 0 aromatic heterocycles. The molecule has 1 fully saturated rings. The van der Waals surface area contributed by atoms with Gasteiger partial charge in [-0.2, -0.15) is 0 Å². The van der Waals surface area contributed by atoms with E-state index >= 15 is 0 Å². The molecule has 0 radical (unpaired) electrons. The lowest BCUT2D eigenvalue weighted by Gasteiger charge is -2.33. The maximum atomic E-state index is 12.8. The van der Waals surface area contributed by atoms with Crippen molar-refractivity contribution in [3.05, 3.63) is 65.7 Å². The number of methoxy groups -OCH3 is 1. The van der Waals surface area contributed by atoms with E-state index in [0.29, 0.717) is 12.5 Å². The Kier molecular flexibility index (Phi) is 7.28. The van der Waals surface area contributed by atoms with E-state index in [1.165, 1.54) is 12.5 Å². The number of piperidine rings is 1. The quantitative estimate of drug-likeness (QED) is 0.722. The van der Waals surface area contributed by atoms with Crippen molar-refractivity contribution in [2.24, 2.45) is 5.92 Å². The number of ether oxygens (including phenoxy) is 1. The molecule has 154 valence electrons. The van der Waals surface area contributed by atoms with Crippen molar-refractivity contribution in [2.75, 3.05) is 26.7 Å². The van der Waals surface area contributed by atoms with Crippen LogP contribution >= 0.6 is 0 Å². The van der Waals surface area contributed by atoms with Gasteiger partial charge in [-0.3, -0.25) is 9.59 Å². The van der Waals surface area contributed by atoms with Crippen LogP contribution in [0.2, 0.25) is 0 Å². The summed E-state index contributed by atoms with van der Waals surface area (Å²) in [5.74, 6) is 1.34. The lowest BCUT2D eigenvalue weighted by atomic mass is 9.90. The molecule has 0 spiro atoms. The molecule has 1 aliphatic heterocycles. The molecule has 0 unspecified atom stereocenters. The standard InChI is InChI=1S/C24H30N2O3/c1-19(27)26(17-22-8-10-23(29-2)11-9-22)18-24(28)25-14-12-21(13-15-25)16-20-6-4-3-5-7-20/h3-11,21H,12-18H2,1-2H3. The highest BCUT2D eigenvalue weighted by Crippen LogP contribution is 2.22. The monoisotopic (exact) mass is 394 g/mol. The van der Waals surface area contributed by atoms with E-state index in [2.05, 4.69) is 24.3 Å². The summed E-state index contributed by atoms with van der Waals surface area (Å²) in [5, 5.41) is 0. The Morgan fingerprint density at radius 1 is 1.00 bits per heavy atom. The first-order chi connectivity index (χ1) is 14.0. The fourth-order valence-corrected chi connectivity index (χ4v) is 3.83. The van der Waals surface area contributed by atoms with Crippen molar-refractivity contribution in [3.8, 4) is 5.75 Å². The maximum absolute atomic E-state index is 12.8. The first kappa shape index (κ1) is 20.9. The minimum absolute atomic E-state index is 0.0341. The van der Waals surface area contributed by atoms with Gasteiger partial charge in [0, 0.05) is 26.6 Å². The number of hydrogen-bond donors (Lipinski definition) is 0. The minimum atomic E-state index is -0.0897. The topological polar surface area (TPSA) is 49.9 Å². The van der Waals surface area contributed by atoms with Gasteiger partial charge in [-0.15, -0.1) is 0 Å². The molecular weight excluding hydrogens is 364 g/mol. The van der Waals surface area contributed by atoms with Gasteiger partial charge in [-0.05, 0) is 48.4 Å². The fraction of sp³-hybridized carbons (Fsp3) is 0.417. The average molecular weight is 395 g/mol. The fourth-order valence-electron chi connectivity index (χ4n) is 3.83. The highest BCUT2D eigenvalue weighted by atomic mass is 16.5. The predicted molar refractivity (Wildman–Crippen MR) is 114 cm³/mol. The number of nitrogens with zero attached hydrogens (tertiary/aromatic N) is 2. The van der Waals surface area contributed by atoms with Gasteiger partial charge < -0.3 is 14.5 Å². The zero-order chi connectivity index (χ0) is 20.6. The van der Waals surface area contributed by atoms with Crippen LogP contribution in [0.4, 0.5) is 0 Å². The van der Waals surface area contributed by atoms with Crippen molar-refractivity contribution < 1.29 is 14.3 Å². The second kappa shape index (κ2) is 10.1. The van der Waals surface area contributed by atoms with Crippen LogP contribution in [-0.4, -0.2) is 48.4 Å². The Bertz CT molecular complexity index is 797. The van der Waals surface area contributed by atoms with Crippen molar-refractivity contribution >= 4 is 11.8 Å². The number of likely N-dealkylation sites (tertiary alicyclic amines) is 1. The Labute approximate surface area is 173 Å². The van der Waals surface area contributed by atoms with E-state index in [-0.39, 0.29) is 18.4 Å². The zero-order valence-corrected chi connectivity index (χ0v) is 17.3. The third-order valence-electron chi connectivity index (χ3n) is 5.64. The second-order valence-electron chi connectivity index (χ2n) is 7.74. The Balaban J connectivity index is 1.50. The third-order valence-corrected chi connectivity index (χ3v) is 5.64. The number of carbonyl (C=O) groups is 2. The molecule has 0 N–H and O–H groups in total. The van der Waals surface area contributed by atoms with Gasteiger partial charge in [-0.25, -0.2) is 0 Å². The molecule has 1 aliphatic rings. The Morgan fingerprint density at radius 2 is 1.66 bits per heavy atom. The number of carbonyl (C=O) groups excluding carboxylic acids is 2. The average Bonchev–Trinajstić information content (AvgIpc) is 2.75. The van der Waals surface area contributed by atoms with E-state index < -0.39 is 0 Å². The van der Waals surface area contributed by atoms with Crippen LogP contribution in [0, 0.1) is 5.92 Å². The lowest BCUT2D eigenvalue weighted by molar-refractivity contribution is -0.140. The largest absolute Gasteiger partial charge is 0.497 e. The maximum Gasteiger partial charge on any atom is 0.242 e. The first-order valence-corrected chi connectivity index (χ1v) is 10.3. The van der Waals surface area contributed by atoms with E-state index in [1.54, 1.807) is 12.0 Å². The molecule has 0 bridgehead atoms. The molecule has 2 aromatic carbocycles.